The van der Waals surface area contributed by atoms with E-state index in [4.69, 9.17) is 5.73 Å². The van der Waals surface area contributed by atoms with Crippen LogP contribution in [0.1, 0.15) is 30.6 Å². The number of hydrogen-bond donors (Lipinski definition) is 2. The number of hydrogen-bond acceptors (Lipinski definition) is 2. The SMILES string of the molecule is CC(C)C(CCN)NC(=O)c1cc(F)ccc1F. The molecule has 0 spiro atoms. The molecule has 1 amide bonds. The second-order valence-corrected chi connectivity index (χ2v) is 4.53. The lowest BCUT2D eigenvalue weighted by Crippen LogP contribution is -2.40. The number of carbonyl (C=O) groups is 1. The van der Waals surface area contributed by atoms with E-state index < -0.39 is 17.5 Å². The Bertz CT molecular complexity index is 421. The lowest BCUT2D eigenvalue weighted by atomic mass is 10.0. The van der Waals surface area contributed by atoms with Crippen LogP contribution in [0, 0.1) is 17.6 Å². The minimum atomic E-state index is -0.732. The van der Waals surface area contributed by atoms with Crippen LogP contribution in [0.5, 0.6) is 0 Å². The molecule has 1 atom stereocenters. The highest BCUT2D eigenvalue weighted by atomic mass is 19.1. The number of halogens is 2. The number of nitrogens with two attached hydrogens (primary N) is 1. The molecule has 0 bridgehead atoms. The molecule has 0 aliphatic heterocycles. The Balaban J connectivity index is 2.83. The van der Waals surface area contributed by atoms with Crippen LogP contribution in [0.15, 0.2) is 18.2 Å². The second kappa shape index (κ2) is 6.44. The summed E-state index contributed by atoms with van der Waals surface area (Å²) in [6.07, 6.45) is 0.598. The van der Waals surface area contributed by atoms with Gasteiger partial charge in [0.05, 0.1) is 5.56 Å². The molecule has 1 unspecified atom stereocenters. The van der Waals surface area contributed by atoms with Crippen molar-refractivity contribution in [1.29, 1.82) is 0 Å². The highest BCUT2D eigenvalue weighted by Gasteiger charge is 2.19. The first-order valence-corrected chi connectivity index (χ1v) is 5.91. The minimum absolute atomic E-state index is 0.148. The minimum Gasteiger partial charge on any atom is -0.349 e. The van der Waals surface area contributed by atoms with E-state index in [1.165, 1.54) is 0 Å². The van der Waals surface area contributed by atoms with E-state index in [1.807, 2.05) is 13.8 Å². The summed E-state index contributed by atoms with van der Waals surface area (Å²) in [5.41, 5.74) is 5.17. The molecule has 5 heteroatoms. The summed E-state index contributed by atoms with van der Waals surface area (Å²) in [5, 5.41) is 2.68. The van der Waals surface area contributed by atoms with E-state index in [-0.39, 0.29) is 17.5 Å². The fourth-order valence-electron chi connectivity index (χ4n) is 1.67. The zero-order chi connectivity index (χ0) is 13.7. The fraction of sp³-hybridized carbons (Fsp3) is 0.462. The molecule has 0 heterocycles. The molecule has 1 aromatic carbocycles. The summed E-state index contributed by atoms with van der Waals surface area (Å²) in [6, 6.07) is 2.67. The van der Waals surface area contributed by atoms with Gasteiger partial charge in [-0.05, 0) is 37.1 Å². The van der Waals surface area contributed by atoms with E-state index >= 15 is 0 Å². The largest absolute Gasteiger partial charge is 0.349 e. The molecular formula is C13H18F2N2O. The maximum absolute atomic E-state index is 13.4. The van der Waals surface area contributed by atoms with Gasteiger partial charge in [-0.1, -0.05) is 13.8 Å². The summed E-state index contributed by atoms with van der Waals surface area (Å²) < 4.78 is 26.4. The standard InChI is InChI=1S/C13H18F2N2O/c1-8(2)12(5-6-16)17-13(18)10-7-9(14)3-4-11(10)15/h3-4,7-8,12H,5-6,16H2,1-2H3,(H,17,18). The molecule has 1 aromatic rings. The summed E-state index contributed by atoms with van der Waals surface area (Å²) in [5.74, 6) is -1.81. The van der Waals surface area contributed by atoms with Crippen LogP contribution in [-0.4, -0.2) is 18.5 Å². The van der Waals surface area contributed by atoms with E-state index in [0.29, 0.717) is 13.0 Å². The van der Waals surface area contributed by atoms with Crippen molar-refractivity contribution < 1.29 is 13.6 Å². The second-order valence-electron chi connectivity index (χ2n) is 4.53. The topological polar surface area (TPSA) is 55.1 Å². The van der Waals surface area contributed by atoms with Crippen LogP contribution < -0.4 is 11.1 Å². The highest BCUT2D eigenvalue weighted by Crippen LogP contribution is 2.12. The molecule has 0 saturated carbocycles. The fourth-order valence-corrected chi connectivity index (χ4v) is 1.67. The summed E-state index contributed by atoms with van der Waals surface area (Å²) in [6.45, 7) is 4.29. The Morgan fingerprint density at radius 1 is 1.39 bits per heavy atom. The van der Waals surface area contributed by atoms with Crippen molar-refractivity contribution in [1.82, 2.24) is 5.32 Å². The zero-order valence-electron chi connectivity index (χ0n) is 10.5. The molecule has 100 valence electrons. The monoisotopic (exact) mass is 256 g/mol. The third-order valence-electron chi connectivity index (χ3n) is 2.77. The zero-order valence-corrected chi connectivity index (χ0v) is 10.5. The van der Waals surface area contributed by atoms with Gasteiger partial charge in [-0.3, -0.25) is 4.79 Å². The lowest BCUT2D eigenvalue weighted by Gasteiger charge is -2.21. The molecule has 0 fully saturated rings. The quantitative estimate of drug-likeness (QED) is 0.847. The Labute approximate surface area is 105 Å². The number of benzene rings is 1. The molecule has 1 rings (SSSR count). The van der Waals surface area contributed by atoms with Gasteiger partial charge in [0, 0.05) is 6.04 Å². The molecule has 0 radical (unpaired) electrons. The molecule has 18 heavy (non-hydrogen) atoms. The van der Waals surface area contributed by atoms with Crippen molar-refractivity contribution in [3.8, 4) is 0 Å². The predicted octanol–water partition coefficient (Wildman–Crippen LogP) is 2.07. The molecular weight excluding hydrogens is 238 g/mol. The van der Waals surface area contributed by atoms with Crippen LogP contribution >= 0.6 is 0 Å². The third kappa shape index (κ3) is 3.77. The maximum atomic E-state index is 13.4. The average Bonchev–Trinajstić information content (AvgIpc) is 2.31. The first kappa shape index (κ1) is 14.6. The highest BCUT2D eigenvalue weighted by molar-refractivity contribution is 5.94. The molecule has 0 aliphatic rings. The Morgan fingerprint density at radius 2 is 2.06 bits per heavy atom. The van der Waals surface area contributed by atoms with Gasteiger partial charge in [-0.25, -0.2) is 8.78 Å². The average molecular weight is 256 g/mol. The molecule has 0 saturated heterocycles. The number of rotatable bonds is 5. The summed E-state index contributed by atoms with van der Waals surface area (Å²) >= 11 is 0. The Hall–Kier alpha value is -1.49. The normalized spacial score (nSPS) is 12.6. The van der Waals surface area contributed by atoms with Crippen molar-refractivity contribution in [2.45, 2.75) is 26.3 Å². The summed E-state index contributed by atoms with van der Waals surface area (Å²) in [7, 11) is 0. The number of amides is 1. The Kier molecular flexibility index (Phi) is 5.22. The first-order chi connectivity index (χ1) is 8.45. The first-order valence-electron chi connectivity index (χ1n) is 5.91. The van der Waals surface area contributed by atoms with Crippen molar-refractivity contribution in [3.05, 3.63) is 35.4 Å². The Morgan fingerprint density at radius 3 is 2.61 bits per heavy atom. The van der Waals surface area contributed by atoms with Crippen LogP contribution in [-0.2, 0) is 0 Å². The van der Waals surface area contributed by atoms with Gasteiger partial charge in [0.25, 0.3) is 5.91 Å². The van der Waals surface area contributed by atoms with Gasteiger partial charge in [-0.15, -0.1) is 0 Å². The lowest BCUT2D eigenvalue weighted by molar-refractivity contribution is 0.0919. The van der Waals surface area contributed by atoms with Gasteiger partial charge < -0.3 is 11.1 Å². The predicted molar refractivity (Wildman–Crippen MR) is 66.1 cm³/mol. The smallest absolute Gasteiger partial charge is 0.254 e. The van der Waals surface area contributed by atoms with Crippen LogP contribution in [0.25, 0.3) is 0 Å². The van der Waals surface area contributed by atoms with Crippen LogP contribution in [0.2, 0.25) is 0 Å². The maximum Gasteiger partial charge on any atom is 0.254 e. The van der Waals surface area contributed by atoms with Gasteiger partial charge in [0.1, 0.15) is 11.6 Å². The van der Waals surface area contributed by atoms with Crippen LogP contribution in [0.3, 0.4) is 0 Å². The van der Waals surface area contributed by atoms with E-state index in [0.717, 1.165) is 18.2 Å². The molecule has 3 N–H and O–H groups in total. The van der Waals surface area contributed by atoms with Crippen LogP contribution in [0.4, 0.5) is 8.78 Å². The van der Waals surface area contributed by atoms with Crippen molar-refractivity contribution in [3.63, 3.8) is 0 Å². The molecule has 0 aliphatic carbocycles. The van der Waals surface area contributed by atoms with E-state index in [9.17, 15) is 13.6 Å². The van der Waals surface area contributed by atoms with Crippen molar-refractivity contribution in [2.24, 2.45) is 11.7 Å². The summed E-state index contributed by atoms with van der Waals surface area (Å²) in [4.78, 5) is 11.8. The number of carbonyl (C=O) groups excluding carboxylic acids is 1. The van der Waals surface area contributed by atoms with E-state index in [1.54, 1.807) is 0 Å². The van der Waals surface area contributed by atoms with Crippen molar-refractivity contribution >= 4 is 5.91 Å². The molecule has 3 nitrogen and oxygen atoms in total. The van der Waals surface area contributed by atoms with Gasteiger partial charge in [0.2, 0.25) is 0 Å². The van der Waals surface area contributed by atoms with Gasteiger partial charge in [-0.2, -0.15) is 0 Å². The molecule has 0 aromatic heterocycles. The van der Waals surface area contributed by atoms with Gasteiger partial charge >= 0.3 is 0 Å². The van der Waals surface area contributed by atoms with E-state index in [2.05, 4.69) is 5.32 Å². The van der Waals surface area contributed by atoms with Crippen molar-refractivity contribution in [2.75, 3.05) is 6.54 Å². The number of nitrogens with one attached hydrogen (secondary N) is 1. The van der Waals surface area contributed by atoms with Gasteiger partial charge in [0.15, 0.2) is 0 Å². The third-order valence-corrected chi connectivity index (χ3v) is 2.77.